The molecule has 102 valence electrons. The Morgan fingerprint density at radius 3 is 2.57 bits per heavy atom. The zero-order valence-electron chi connectivity index (χ0n) is 11.1. The van der Waals surface area contributed by atoms with Crippen LogP contribution in [0.5, 0.6) is 0 Å². The molecule has 0 aliphatic heterocycles. The van der Waals surface area contributed by atoms with Gasteiger partial charge in [-0.15, -0.1) is 22.7 Å². The van der Waals surface area contributed by atoms with Gasteiger partial charge in [-0.05, 0) is 23.1 Å². The number of aromatic nitrogens is 2. The van der Waals surface area contributed by atoms with Crippen molar-refractivity contribution in [1.82, 2.24) is 9.55 Å². The Morgan fingerprint density at radius 2 is 1.86 bits per heavy atom. The van der Waals surface area contributed by atoms with Gasteiger partial charge in [0.25, 0.3) is 0 Å². The third-order valence-electron chi connectivity index (χ3n) is 3.30. The Balaban J connectivity index is 1.91. The fraction of sp³-hybridized carbons (Fsp3) is 0. The summed E-state index contributed by atoms with van der Waals surface area (Å²) in [5.74, 6) is 0. The van der Waals surface area contributed by atoms with Gasteiger partial charge in [-0.25, -0.2) is 4.98 Å². The number of hydrogen-bond acceptors (Lipinski definition) is 3. The largest absolute Gasteiger partial charge is 0.297 e. The van der Waals surface area contributed by atoms with Crippen molar-refractivity contribution in [1.29, 1.82) is 0 Å². The standard InChI is InChI=1S/C17H12N2S2/c1-2-5-13(6-3-1)16-11-14(15-7-4-10-20-15)17(21-16)19-9-8-18-12-19/h1-12H. The molecule has 3 heterocycles. The van der Waals surface area contributed by atoms with Crippen LogP contribution >= 0.6 is 22.7 Å². The zero-order valence-corrected chi connectivity index (χ0v) is 12.8. The molecule has 0 aliphatic rings. The second kappa shape index (κ2) is 5.31. The Morgan fingerprint density at radius 1 is 0.952 bits per heavy atom. The van der Waals surface area contributed by atoms with Crippen molar-refractivity contribution in [3.8, 4) is 25.9 Å². The van der Waals surface area contributed by atoms with Crippen molar-refractivity contribution in [3.63, 3.8) is 0 Å². The monoisotopic (exact) mass is 308 g/mol. The Bertz CT molecular complexity index is 777. The molecule has 0 amide bonds. The van der Waals surface area contributed by atoms with E-state index < -0.39 is 0 Å². The van der Waals surface area contributed by atoms with Crippen LogP contribution in [0, 0.1) is 0 Å². The SMILES string of the molecule is c1ccc(-c2cc(-c3cccs3)c(-n3ccnc3)s2)cc1. The van der Waals surface area contributed by atoms with E-state index in [1.54, 1.807) is 22.7 Å². The zero-order chi connectivity index (χ0) is 14.1. The van der Waals surface area contributed by atoms with Gasteiger partial charge in [0.2, 0.25) is 0 Å². The number of thiophene rings is 2. The minimum atomic E-state index is 1.22. The molecule has 0 bridgehead atoms. The van der Waals surface area contributed by atoms with Crippen LogP contribution < -0.4 is 0 Å². The summed E-state index contributed by atoms with van der Waals surface area (Å²) in [6, 6.07) is 17.1. The van der Waals surface area contributed by atoms with E-state index in [0.29, 0.717) is 0 Å². The molecule has 2 nitrogen and oxygen atoms in total. The van der Waals surface area contributed by atoms with E-state index in [9.17, 15) is 0 Å². The van der Waals surface area contributed by atoms with E-state index in [0.717, 1.165) is 0 Å². The minimum Gasteiger partial charge on any atom is -0.297 e. The van der Waals surface area contributed by atoms with Crippen LogP contribution in [0.3, 0.4) is 0 Å². The molecule has 4 heteroatoms. The van der Waals surface area contributed by atoms with Crippen molar-refractivity contribution in [2.75, 3.05) is 0 Å². The number of imidazole rings is 1. The van der Waals surface area contributed by atoms with E-state index >= 15 is 0 Å². The van der Waals surface area contributed by atoms with Crippen molar-refractivity contribution >= 4 is 22.7 Å². The molecule has 0 N–H and O–H groups in total. The Labute approximate surface area is 131 Å². The highest BCUT2D eigenvalue weighted by Crippen LogP contribution is 2.41. The molecule has 0 fully saturated rings. The van der Waals surface area contributed by atoms with Gasteiger partial charge >= 0.3 is 0 Å². The van der Waals surface area contributed by atoms with Crippen molar-refractivity contribution in [2.45, 2.75) is 0 Å². The van der Waals surface area contributed by atoms with E-state index in [1.807, 2.05) is 24.8 Å². The van der Waals surface area contributed by atoms with Crippen molar-refractivity contribution in [2.24, 2.45) is 0 Å². The summed E-state index contributed by atoms with van der Waals surface area (Å²) in [5, 5.41) is 3.33. The fourth-order valence-corrected chi connectivity index (χ4v) is 4.24. The molecule has 0 atom stereocenters. The van der Waals surface area contributed by atoms with Crippen LogP contribution in [0.2, 0.25) is 0 Å². The minimum absolute atomic E-state index is 1.22. The average Bonchev–Trinajstić information content (AvgIpc) is 3.27. The Kier molecular flexibility index (Phi) is 3.18. The highest BCUT2D eigenvalue weighted by atomic mass is 32.1. The van der Waals surface area contributed by atoms with Gasteiger partial charge in [-0.1, -0.05) is 36.4 Å². The lowest BCUT2D eigenvalue weighted by Gasteiger charge is -2.01. The topological polar surface area (TPSA) is 17.8 Å². The van der Waals surface area contributed by atoms with Crippen molar-refractivity contribution < 1.29 is 0 Å². The molecule has 3 aromatic heterocycles. The molecular formula is C17H12N2S2. The first kappa shape index (κ1) is 12.6. The first-order valence-corrected chi connectivity index (χ1v) is 8.33. The third-order valence-corrected chi connectivity index (χ3v) is 5.40. The summed E-state index contributed by atoms with van der Waals surface area (Å²) in [4.78, 5) is 6.75. The van der Waals surface area contributed by atoms with Crippen LogP contribution in [-0.2, 0) is 0 Å². The second-order valence-electron chi connectivity index (χ2n) is 4.64. The van der Waals surface area contributed by atoms with Gasteiger partial charge in [-0.2, -0.15) is 0 Å². The van der Waals surface area contributed by atoms with Gasteiger partial charge in [0.15, 0.2) is 0 Å². The van der Waals surface area contributed by atoms with Crippen LogP contribution in [0.4, 0.5) is 0 Å². The normalized spacial score (nSPS) is 10.9. The number of hydrogen-bond donors (Lipinski definition) is 0. The lowest BCUT2D eigenvalue weighted by atomic mass is 10.1. The molecule has 1 aromatic carbocycles. The van der Waals surface area contributed by atoms with Crippen LogP contribution in [0.15, 0.2) is 72.6 Å². The Hall–Kier alpha value is -2.17. The average molecular weight is 308 g/mol. The second-order valence-corrected chi connectivity index (χ2v) is 6.62. The maximum absolute atomic E-state index is 4.18. The molecule has 0 saturated heterocycles. The first-order valence-electron chi connectivity index (χ1n) is 6.63. The molecular weight excluding hydrogens is 296 g/mol. The highest BCUT2D eigenvalue weighted by Gasteiger charge is 2.14. The lowest BCUT2D eigenvalue weighted by molar-refractivity contribution is 1.09. The van der Waals surface area contributed by atoms with Gasteiger partial charge in [0.05, 0.1) is 6.33 Å². The summed E-state index contributed by atoms with van der Waals surface area (Å²) in [6.45, 7) is 0. The molecule has 0 unspecified atom stereocenters. The summed E-state index contributed by atoms with van der Waals surface area (Å²) in [5.41, 5.74) is 2.53. The molecule has 0 aliphatic carbocycles. The van der Waals surface area contributed by atoms with Gasteiger partial charge in [-0.3, -0.25) is 4.57 Å². The molecule has 4 aromatic rings. The van der Waals surface area contributed by atoms with Gasteiger partial charge < -0.3 is 0 Å². The summed E-state index contributed by atoms with van der Waals surface area (Å²) in [7, 11) is 0. The molecule has 21 heavy (non-hydrogen) atoms. The van der Waals surface area contributed by atoms with E-state index in [-0.39, 0.29) is 0 Å². The molecule has 0 saturated carbocycles. The van der Waals surface area contributed by atoms with Crippen LogP contribution in [0.1, 0.15) is 0 Å². The predicted octanol–water partition coefficient (Wildman–Crippen LogP) is 5.33. The molecule has 4 rings (SSSR count). The smallest absolute Gasteiger partial charge is 0.110 e. The number of rotatable bonds is 3. The molecule has 0 spiro atoms. The summed E-state index contributed by atoms with van der Waals surface area (Å²) >= 11 is 3.57. The van der Waals surface area contributed by atoms with E-state index in [1.165, 1.54) is 25.9 Å². The lowest BCUT2D eigenvalue weighted by Crippen LogP contribution is -1.86. The predicted molar refractivity (Wildman–Crippen MR) is 90.2 cm³/mol. The first-order chi connectivity index (χ1) is 10.4. The molecule has 0 radical (unpaired) electrons. The fourth-order valence-electron chi connectivity index (χ4n) is 2.31. The third kappa shape index (κ3) is 2.33. The summed E-state index contributed by atoms with van der Waals surface area (Å²) < 4.78 is 2.09. The van der Waals surface area contributed by atoms with Gasteiger partial charge in [0, 0.05) is 27.7 Å². The van der Waals surface area contributed by atoms with E-state index in [2.05, 4.69) is 57.4 Å². The van der Waals surface area contributed by atoms with Crippen LogP contribution in [0.25, 0.3) is 25.9 Å². The van der Waals surface area contributed by atoms with Crippen molar-refractivity contribution in [3.05, 3.63) is 72.6 Å². The number of nitrogens with zero attached hydrogens (tertiary/aromatic N) is 2. The maximum Gasteiger partial charge on any atom is 0.110 e. The number of benzene rings is 1. The maximum atomic E-state index is 4.18. The highest BCUT2D eigenvalue weighted by molar-refractivity contribution is 7.19. The van der Waals surface area contributed by atoms with Crippen LogP contribution in [-0.4, -0.2) is 9.55 Å². The quantitative estimate of drug-likeness (QED) is 0.500. The van der Waals surface area contributed by atoms with Gasteiger partial charge in [0.1, 0.15) is 5.00 Å². The summed E-state index contributed by atoms with van der Waals surface area (Å²) in [6.07, 6.45) is 5.68. The van der Waals surface area contributed by atoms with E-state index in [4.69, 9.17) is 0 Å².